The number of ether oxygens (including phenoxy) is 3. The molecule has 0 radical (unpaired) electrons. The predicted molar refractivity (Wildman–Crippen MR) is 177 cm³/mol. The van der Waals surface area contributed by atoms with E-state index in [1.165, 1.54) is 0 Å². The molecule has 2 fully saturated rings. The fraction of sp³-hybridized carbons (Fsp3) is 0.412. The first kappa shape index (κ1) is 37.0. The average molecular weight is 705 g/mol. The Morgan fingerprint density at radius 1 is 0.939 bits per heavy atom. The molecule has 49 heavy (non-hydrogen) atoms. The van der Waals surface area contributed by atoms with E-state index in [2.05, 4.69) is 9.74 Å². The molecule has 0 bridgehead atoms. The Bertz CT molecular complexity index is 1510. The van der Waals surface area contributed by atoms with E-state index in [1.54, 1.807) is 17.0 Å². The zero-order valence-corrected chi connectivity index (χ0v) is 27.6. The highest BCUT2D eigenvalue weighted by atomic mass is 35.5. The number of carbonyl (C=O) groups excluding carboxylic acids is 2. The average Bonchev–Trinajstić information content (AvgIpc) is 3.95. The van der Waals surface area contributed by atoms with Gasteiger partial charge in [-0.3, -0.25) is 4.79 Å². The summed E-state index contributed by atoms with van der Waals surface area (Å²) in [5.41, 5.74) is 2.00. The molecule has 12 nitrogen and oxygen atoms in total. The number of unbranched alkanes of at least 4 members (excludes halogenated alkanes) is 1. The number of hydrogen-bond donors (Lipinski definition) is 0. The van der Waals surface area contributed by atoms with Crippen LogP contribution < -0.4 is 14.4 Å². The van der Waals surface area contributed by atoms with Gasteiger partial charge >= 0.3 is 6.09 Å². The third-order valence-corrected chi connectivity index (χ3v) is 8.03. The molecule has 0 atom stereocenters. The minimum absolute atomic E-state index is 0.0181. The lowest BCUT2D eigenvalue weighted by Crippen LogP contribution is -2.49. The first-order valence-electron chi connectivity index (χ1n) is 15.9. The van der Waals surface area contributed by atoms with Gasteiger partial charge in [0.25, 0.3) is 5.09 Å². The van der Waals surface area contributed by atoms with Crippen LogP contribution in [0.1, 0.15) is 31.2 Å². The first-order valence-corrected chi connectivity index (χ1v) is 16.3. The molecule has 264 valence electrons. The van der Waals surface area contributed by atoms with E-state index in [4.69, 9.17) is 25.8 Å². The standard InChI is InChI=1S/C23H27F2N3O7.C11H12ClNO/c24-18-3-8-21(25)22(17-18)33-16-15-32-20-6-4-19(5-7-20)26-9-11-27(12-10-26)23(29)34-13-1-2-14-35-28(30)31;12-11-4-2-1-3-9(11)7-13(8-14)10-5-6-10/h3-8,17H,1-2,9-16H2;1-4,8,10H,5-7H2. The molecule has 0 aromatic heterocycles. The van der Waals surface area contributed by atoms with E-state index in [-0.39, 0.29) is 32.2 Å². The van der Waals surface area contributed by atoms with Crippen LogP contribution >= 0.6 is 11.6 Å². The lowest BCUT2D eigenvalue weighted by atomic mass is 10.2. The smallest absolute Gasteiger partial charge is 0.409 e. The van der Waals surface area contributed by atoms with Crippen molar-refractivity contribution in [3.63, 3.8) is 0 Å². The van der Waals surface area contributed by atoms with Gasteiger partial charge in [0.05, 0.1) is 13.2 Å². The van der Waals surface area contributed by atoms with E-state index in [1.807, 2.05) is 41.3 Å². The minimum atomic E-state index is -0.846. The molecule has 0 spiro atoms. The number of piperazine rings is 1. The molecule has 2 aliphatic rings. The van der Waals surface area contributed by atoms with Gasteiger partial charge in [-0.25, -0.2) is 13.6 Å². The summed E-state index contributed by atoms with van der Waals surface area (Å²) in [6, 6.07) is 18.5. The van der Waals surface area contributed by atoms with E-state index < -0.39 is 22.8 Å². The van der Waals surface area contributed by atoms with Crippen LogP contribution in [-0.4, -0.2) is 86.0 Å². The zero-order valence-electron chi connectivity index (χ0n) is 26.9. The van der Waals surface area contributed by atoms with Crippen molar-refractivity contribution in [1.82, 2.24) is 9.80 Å². The number of carbonyl (C=O) groups is 2. The Morgan fingerprint density at radius 2 is 1.63 bits per heavy atom. The summed E-state index contributed by atoms with van der Waals surface area (Å²) in [6.07, 6.45) is 3.69. The van der Waals surface area contributed by atoms with E-state index in [0.717, 1.165) is 53.7 Å². The number of amides is 2. The third kappa shape index (κ3) is 12.6. The van der Waals surface area contributed by atoms with Crippen LogP contribution in [0.4, 0.5) is 19.3 Å². The largest absolute Gasteiger partial charge is 0.490 e. The SMILES string of the molecule is O=C(OCCCCO[N+](=O)[O-])N1CCN(c2ccc(OCCOc3cc(F)ccc3F)cc2)CC1.O=CN(Cc1ccccc1Cl)C1CC1. The second-order valence-electron chi connectivity index (χ2n) is 11.2. The molecule has 3 aromatic carbocycles. The minimum Gasteiger partial charge on any atom is -0.490 e. The van der Waals surface area contributed by atoms with Crippen LogP contribution in [0.15, 0.2) is 66.7 Å². The third-order valence-electron chi connectivity index (χ3n) is 7.67. The van der Waals surface area contributed by atoms with Crippen molar-refractivity contribution in [3.05, 3.63) is 99.1 Å². The van der Waals surface area contributed by atoms with Gasteiger partial charge in [-0.15, -0.1) is 10.1 Å². The molecule has 2 amide bonds. The highest BCUT2D eigenvalue weighted by Gasteiger charge is 2.28. The Morgan fingerprint density at radius 3 is 2.31 bits per heavy atom. The Kier molecular flexibility index (Phi) is 14.5. The van der Waals surface area contributed by atoms with Gasteiger partial charge in [0.1, 0.15) is 24.8 Å². The van der Waals surface area contributed by atoms with E-state index >= 15 is 0 Å². The summed E-state index contributed by atoms with van der Waals surface area (Å²) in [5, 5.41) is 9.96. The number of hydrogen-bond acceptors (Lipinski definition) is 9. The van der Waals surface area contributed by atoms with Crippen molar-refractivity contribution in [2.24, 2.45) is 0 Å². The molecular weight excluding hydrogens is 666 g/mol. The van der Waals surface area contributed by atoms with E-state index in [0.29, 0.717) is 57.4 Å². The summed E-state index contributed by atoms with van der Waals surface area (Å²) in [4.78, 5) is 42.8. The molecule has 1 aliphatic carbocycles. The molecule has 1 aliphatic heterocycles. The van der Waals surface area contributed by atoms with Crippen LogP contribution in [0, 0.1) is 21.7 Å². The van der Waals surface area contributed by atoms with Gasteiger partial charge in [-0.2, -0.15) is 0 Å². The van der Waals surface area contributed by atoms with Crippen molar-refractivity contribution in [2.45, 2.75) is 38.3 Å². The fourth-order valence-corrected chi connectivity index (χ4v) is 5.07. The molecule has 1 saturated heterocycles. The van der Waals surface area contributed by atoms with Crippen LogP contribution in [0.25, 0.3) is 0 Å². The zero-order chi connectivity index (χ0) is 35.0. The second kappa shape index (κ2) is 19.2. The summed E-state index contributed by atoms with van der Waals surface area (Å²) >= 11 is 6.01. The number of halogens is 3. The monoisotopic (exact) mass is 704 g/mol. The molecule has 5 rings (SSSR count). The predicted octanol–water partition coefficient (Wildman–Crippen LogP) is 6.13. The van der Waals surface area contributed by atoms with Crippen molar-refractivity contribution < 1.29 is 42.5 Å². The van der Waals surface area contributed by atoms with E-state index in [9.17, 15) is 28.5 Å². The molecule has 0 unspecified atom stereocenters. The molecule has 3 aromatic rings. The van der Waals surface area contributed by atoms with Gasteiger partial charge in [-0.1, -0.05) is 29.8 Å². The quantitative estimate of drug-likeness (QED) is 0.0750. The molecular formula is C34H39ClF2N4O8. The Labute approximate surface area is 288 Å². The van der Waals surface area contributed by atoms with Crippen molar-refractivity contribution >= 4 is 29.8 Å². The maximum atomic E-state index is 13.5. The van der Waals surface area contributed by atoms with Crippen LogP contribution in [0.3, 0.4) is 0 Å². The van der Waals surface area contributed by atoms with Gasteiger partial charge in [0.2, 0.25) is 6.41 Å². The van der Waals surface area contributed by atoms with Crippen LogP contribution in [0.2, 0.25) is 5.02 Å². The highest BCUT2D eigenvalue weighted by molar-refractivity contribution is 6.31. The summed E-state index contributed by atoms with van der Waals surface area (Å²) in [6.45, 7) is 3.32. The lowest BCUT2D eigenvalue weighted by molar-refractivity contribution is -0.757. The van der Waals surface area contributed by atoms with Crippen molar-refractivity contribution in [3.8, 4) is 11.5 Å². The Hall–Kier alpha value is -4.85. The second-order valence-corrected chi connectivity index (χ2v) is 11.6. The molecule has 0 N–H and O–H groups in total. The van der Waals surface area contributed by atoms with Crippen molar-refractivity contribution in [2.75, 3.05) is 57.5 Å². The Balaban J connectivity index is 0.000000319. The van der Waals surface area contributed by atoms with Crippen molar-refractivity contribution in [1.29, 1.82) is 0 Å². The summed E-state index contributed by atoms with van der Waals surface area (Å²) in [7, 11) is 0. The number of nitrogens with zero attached hydrogens (tertiary/aromatic N) is 4. The number of rotatable bonds is 16. The van der Waals surface area contributed by atoms with Crippen LogP contribution in [0.5, 0.6) is 11.5 Å². The molecule has 1 heterocycles. The summed E-state index contributed by atoms with van der Waals surface area (Å²) < 4.78 is 42.7. The fourth-order valence-electron chi connectivity index (χ4n) is 4.88. The number of anilines is 1. The first-order chi connectivity index (χ1) is 23.7. The van der Waals surface area contributed by atoms with Gasteiger partial charge in [0.15, 0.2) is 11.6 Å². The maximum Gasteiger partial charge on any atom is 0.409 e. The van der Waals surface area contributed by atoms with Gasteiger partial charge < -0.3 is 33.7 Å². The lowest BCUT2D eigenvalue weighted by Gasteiger charge is -2.35. The van der Waals surface area contributed by atoms with Gasteiger partial charge in [-0.05, 0) is 73.7 Å². The normalized spacial score (nSPS) is 13.9. The maximum absolute atomic E-state index is 13.5. The van der Waals surface area contributed by atoms with Crippen LogP contribution in [-0.2, 0) is 20.9 Å². The highest BCUT2D eigenvalue weighted by Crippen LogP contribution is 2.28. The molecule has 15 heteroatoms. The van der Waals surface area contributed by atoms with Gasteiger partial charge in [0, 0.05) is 55.5 Å². The summed E-state index contributed by atoms with van der Waals surface area (Å²) in [5.74, 6) is -0.754. The number of benzene rings is 3. The topological polar surface area (TPSA) is 124 Å². The molecule has 1 saturated carbocycles.